The Bertz CT molecular complexity index is 450. The minimum atomic E-state index is 0.733. The standard InChI is InChI=1S/C15H18N2/c1-2-12(11-17-15-7-8-15)9-13-5-3-4-6-14(13)10-16/h3-6,9,15,17H,2,7-8,11H2,1H3/b12-9-. The van der Waals surface area contributed by atoms with E-state index in [1.165, 1.54) is 18.4 Å². The first-order valence-corrected chi connectivity index (χ1v) is 6.25. The number of nitrogens with one attached hydrogen (secondary N) is 1. The molecule has 2 rings (SSSR count). The topological polar surface area (TPSA) is 35.8 Å². The van der Waals surface area contributed by atoms with Crippen LogP contribution in [0.3, 0.4) is 0 Å². The van der Waals surface area contributed by atoms with Crippen molar-refractivity contribution in [2.24, 2.45) is 0 Å². The summed E-state index contributed by atoms with van der Waals surface area (Å²) in [5.41, 5.74) is 3.15. The summed E-state index contributed by atoms with van der Waals surface area (Å²) in [4.78, 5) is 0. The van der Waals surface area contributed by atoms with E-state index in [1.807, 2.05) is 24.3 Å². The molecule has 17 heavy (non-hydrogen) atoms. The summed E-state index contributed by atoms with van der Waals surface area (Å²) in [6, 6.07) is 10.7. The molecule has 1 saturated carbocycles. The van der Waals surface area contributed by atoms with Gasteiger partial charge in [-0.1, -0.05) is 36.8 Å². The average Bonchev–Trinajstić information content (AvgIpc) is 3.19. The Morgan fingerprint density at radius 1 is 1.47 bits per heavy atom. The maximum absolute atomic E-state index is 9.04. The van der Waals surface area contributed by atoms with E-state index in [0.717, 1.165) is 30.1 Å². The van der Waals surface area contributed by atoms with Crippen LogP contribution in [0.15, 0.2) is 29.8 Å². The van der Waals surface area contributed by atoms with Gasteiger partial charge in [-0.05, 0) is 30.9 Å². The Balaban J connectivity index is 2.10. The van der Waals surface area contributed by atoms with Crippen LogP contribution in [0.5, 0.6) is 0 Å². The number of benzene rings is 1. The number of hydrogen-bond donors (Lipinski definition) is 1. The van der Waals surface area contributed by atoms with Crippen molar-refractivity contribution in [1.29, 1.82) is 5.26 Å². The molecule has 1 N–H and O–H groups in total. The molecule has 0 radical (unpaired) electrons. The lowest BCUT2D eigenvalue weighted by Gasteiger charge is -2.07. The predicted octanol–water partition coefficient (Wildman–Crippen LogP) is 3.10. The third-order valence-corrected chi connectivity index (χ3v) is 3.09. The molecule has 88 valence electrons. The molecule has 0 heterocycles. The van der Waals surface area contributed by atoms with Crippen molar-refractivity contribution >= 4 is 6.08 Å². The summed E-state index contributed by atoms with van der Waals surface area (Å²) in [6.07, 6.45) is 5.80. The third kappa shape index (κ3) is 3.44. The molecule has 0 saturated heterocycles. The van der Waals surface area contributed by atoms with Crippen molar-refractivity contribution in [3.8, 4) is 6.07 Å². The van der Waals surface area contributed by atoms with E-state index in [0.29, 0.717) is 0 Å². The number of hydrogen-bond acceptors (Lipinski definition) is 2. The van der Waals surface area contributed by atoms with Gasteiger partial charge in [-0.3, -0.25) is 0 Å². The lowest BCUT2D eigenvalue weighted by atomic mass is 10.0. The van der Waals surface area contributed by atoms with Gasteiger partial charge in [-0.15, -0.1) is 0 Å². The summed E-state index contributed by atoms with van der Waals surface area (Å²) in [6.45, 7) is 3.11. The average molecular weight is 226 g/mol. The summed E-state index contributed by atoms with van der Waals surface area (Å²) < 4.78 is 0. The predicted molar refractivity (Wildman–Crippen MR) is 70.4 cm³/mol. The van der Waals surface area contributed by atoms with Gasteiger partial charge in [0.1, 0.15) is 0 Å². The summed E-state index contributed by atoms with van der Waals surface area (Å²) >= 11 is 0. The van der Waals surface area contributed by atoms with Crippen LogP contribution < -0.4 is 5.32 Å². The fourth-order valence-electron chi connectivity index (χ4n) is 1.79. The van der Waals surface area contributed by atoms with Crippen LogP contribution in [0.2, 0.25) is 0 Å². The second-order valence-corrected chi connectivity index (χ2v) is 4.51. The first kappa shape index (κ1) is 11.9. The van der Waals surface area contributed by atoms with Crippen molar-refractivity contribution in [2.45, 2.75) is 32.2 Å². The molecule has 0 unspecified atom stereocenters. The van der Waals surface area contributed by atoms with Crippen LogP contribution in [0.1, 0.15) is 37.3 Å². The normalized spacial score (nSPS) is 15.6. The highest BCUT2D eigenvalue weighted by molar-refractivity contribution is 5.60. The zero-order valence-electron chi connectivity index (χ0n) is 10.2. The zero-order chi connectivity index (χ0) is 12.1. The Morgan fingerprint density at radius 2 is 2.24 bits per heavy atom. The van der Waals surface area contributed by atoms with Crippen molar-refractivity contribution in [3.05, 3.63) is 41.0 Å². The molecule has 2 nitrogen and oxygen atoms in total. The molecular formula is C15H18N2. The van der Waals surface area contributed by atoms with E-state index < -0.39 is 0 Å². The fraction of sp³-hybridized carbons (Fsp3) is 0.400. The Kier molecular flexibility index (Phi) is 3.95. The highest BCUT2D eigenvalue weighted by atomic mass is 14.9. The van der Waals surface area contributed by atoms with Gasteiger partial charge in [0.2, 0.25) is 0 Å². The molecule has 1 aromatic carbocycles. The molecule has 0 aliphatic heterocycles. The van der Waals surface area contributed by atoms with Crippen LogP contribution in [-0.4, -0.2) is 12.6 Å². The first-order valence-electron chi connectivity index (χ1n) is 6.25. The Labute approximate surface area is 103 Å². The Hall–Kier alpha value is -1.59. The molecule has 0 atom stereocenters. The number of rotatable bonds is 5. The molecule has 2 heteroatoms. The van der Waals surface area contributed by atoms with Crippen molar-refractivity contribution in [1.82, 2.24) is 5.32 Å². The van der Waals surface area contributed by atoms with Crippen LogP contribution in [0.4, 0.5) is 0 Å². The minimum Gasteiger partial charge on any atom is -0.310 e. The van der Waals surface area contributed by atoms with Crippen molar-refractivity contribution < 1.29 is 0 Å². The molecular weight excluding hydrogens is 208 g/mol. The lowest BCUT2D eigenvalue weighted by molar-refractivity contribution is 0.723. The minimum absolute atomic E-state index is 0.733. The van der Waals surface area contributed by atoms with Crippen LogP contribution in [-0.2, 0) is 0 Å². The smallest absolute Gasteiger partial charge is 0.0997 e. The van der Waals surface area contributed by atoms with E-state index >= 15 is 0 Å². The van der Waals surface area contributed by atoms with Crippen molar-refractivity contribution in [3.63, 3.8) is 0 Å². The second-order valence-electron chi connectivity index (χ2n) is 4.51. The quantitative estimate of drug-likeness (QED) is 0.837. The number of nitriles is 1. The highest BCUT2D eigenvalue weighted by Gasteiger charge is 2.20. The van der Waals surface area contributed by atoms with Gasteiger partial charge in [0.15, 0.2) is 0 Å². The zero-order valence-corrected chi connectivity index (χ0v) is 10.2. The molecule has 1 aromatic rings. The molecule has 0 amide bonds. The summed E-state index contributed by atoms with van der Waals surface area (Å²) in [7, 11) is 0. The van der Waals surface area contributed by atoms with E-state index in [-0.39, 0.29) is 0 Å². The molecule has 0 aromatic heterocycles. The highest BCUT2D eigenvalue weighted by Crippen LogP contribution is 2.20. The largest absolute Gasteiger partial charge is 0.310 e. The van der Waals surface area contributed by atoms with E-state index in [4.69, 9.17) is 5.26 Å². The van der Waals surface area contributed by atoms with E-state index in [1.54, 1.807) is 0 Å². The van der Waals surface area contributed by atoms with Gasteiger partial charge in [0, 0.05) is 12.6 Å². The van der Waals surface area contributed by atoms with Gasteiger partial charge < -0.3 is 5.32 Å². The van der Waals surface area contributed by atoms with E-state index in [9.17, 15) is 0 Å². The maximum atomic E-state index is 9.04. The fourth-order valence-corrected chi connectivity index (χ4v) is 1.79. The molecule has 1 aliphatic rings. The molecule has 1 fully saturated rings. The maximum Gasteiger partial charge on any atom is 0.0997 e. The monoisotopic (exact) mass is 226 g/mol. The Morgan fingerprint density at radius 3 is 2.88 bits per heavy atom. The number of nitrogens with zero attached hydrogens (tertiary/aromatic N) is 1. The van der Waals surface area contributed by atoms with Gasteiger partial charge >= 0.3 is 0 Å². The molecule has 0 spiro atoms. The second kappa shape index (κ2) is 5.65. The van der Waals surface area contributed by atoms with Gasteiger partial charge in [0.25, 0.3) is 0 Å². The first-order chi connectivity index (χ1) is 8.33. The SMILES string of the molecule is CC/C(=C/c1ccccc1C#N)CNC1CC1. The summed E-state index contributed by atoms with van der Waals surface area (Å²) in [5, 5.41) is 12.6. The van der Waals surface area contributed by atoms with Crippen molar-refractivity contribution in [2.75, 3.05) is 6.54 Å². The third-order valence-electron chi connectivity index (χ3n) is 3.09. The van der Waals surface area contributed by atoms with Gasteiger partial charge in [0.05, 0.1) is 11.6 Å². The van der Waals surface area contributed by atoms with Gasteiger partial charge in [-0.2, -0.15) is 5.26 Å². The van der Waals surface area contributed by atoms with E-state index in [2.05, 4.69) is 24.4 Å². The van der Waals surface area contributed by atoms with Crippen LogP contribution >= 0.6 is 0 Å². The molecule has 0 bridgehead atoms. The van der Waals surface area contributed by atoms with Gasteiger partial charge in [-0.25, -0.2) is 0 Å². The van der Waals surface area contributed by atoms with Crippen LogP contribution in [0.25, 0.3) is 6.08 Å². The summed E-state index contributed by atoms with van der Waals surface area (Å²) in [5.74, 6) is 0. The van der Waals surface area contributed by atoms with Crippen LogP contribution in [0, 0.1) is 11.3 Å². The molecule has 1 aliphatic carbocycles. The lowest BCUT2D eigenvalue weighted by Crippen LogP contribution is -2.18.